The fourth-order valence-corrected chi connectivity index (χ4v) is 2.76. The SMILES string of the molecule is CC1CCC(CO)(NC(=O)c2cc(N)cc(N)c2)CC1. The van der Waals surface area contributed by atoms with Gasteiger partial charge < -0.3 is 21.9 Å². The van der Waals surface area contributed by atoms with E-state index >= 15 is 0 Å². The number of carbonyl (C=O) groups is 1. The van der Waals surface area contributed by atoms with Crippen LogP contribution in [0.15, 0.2) is 18.2 Å². The van der Waals surface area contributed by atoms with Crippen LogP contribution >= 0.6 is 0 Å². The lowest BCUT2D eigenvalue weighted by Crippen LogP contribution is -2.53. The number of hydrogen-bond acceptors (Lipinski definition) is 4. The molecule has 0 saturated heterocycles. The quantitative estimate of drug-likeness (QED) is 0.629. The topological polar surface area (TPSA) is 101 Å². The largest absolute Gasteiger partial charge is 0.399 e. The van der Waals surface area contributed by atoms with Gasteiger partial charge in [-0.3, -0.25) is 4.79 Å². The van der Waals surface area contributed by atoms with Gasteiger partial charge in [0, 0.05) is 16.9 Å². The van der Waals surface area contributed by atoms with Crippen molar-refractivity contribution >= 4 is 17.3 Å². The zero-order chi connectivity index (χ0) is 14.8. The van der Waals surface area contributed by atoms with Crippen molar-refractivity contribution in [3.63, 3.8) is 0 Å². The number of hydrogen-bond donors (Lipinski definition) is 4. The van der Waals surface area contributed by atoms with E-state index in [2.05, 4.69) is 12.2 Å². The molecular weight excluding hydrogens is 254 g/mol. The van der Waals surface area contributed by atoms with Gasteiger partial charge in [0.25, 0.3) is 5.91 Å². The molecule has 0 atom stereocenters. The number of aliphatic hydroxyl groups excluding tert-OH is 1. The predicted molar refractivity (Wildman–Crippen MR) is 80.2 cm³/mol. The molecule has 1 aliphatic carbocycles. The molecule has 1 aromatic rings. The van der Waals surface area contributed by atoms with Gasteiger partial charge in [0.15, 0.2) is 0 Å². The monoisotopic (exact) mass is 277 g/mol. The minimum atomic E-state index is -0.511. The van der Waals surface area contributed by atoms with Crippen LogP contribution in [0, 0.1) is 5.92 Å². The second kappa shape index (κ2) is 5.71. The fourth-order valence-electron chi connectivity index (χ4n) is 2.76. The Morgan fingerprint density at radius 3 is 2.35 bits per heavy atom. The molecule has 1 fully saturated rings. The van der Waals surface area contributed by atoms with Gasteiger partial charge in [-0.25, -0.2) is 0 Å². The maximum atomic E-state index is 12.3. The van der Waals surface area contributed by atoms with Gasteiger partial charge in [-0.15, -0.1) is 0 Å². The zero-order valence-corrected chi connectivity index (χ0v) is 11.9. The predicted octanol–water partition coefficient (Wildman–Crippen LogP) is 1.52. The molecule has 0 spiro atoms. The first-order chi connectivity index (χ1) is 9.44. The Morgan fingerprint density at radius 2 is 1.85 bits per heavy atom. The number of anilines is 2. The van der Waals surface area contributed by atoms with Gasteiger partial charge in [-0.1, -0.05) is 6.92 Å². The molecule has 0 heterocycles. The molecule has 20 heavy (non-hydrogen) atoms. The summed E-state index contributed by atoms with van der Waals surface area (Å²) in [5, 5.41) is 12.6. The average Bonchev–Trinajstić information content (AvgIpc) is 2.40. The van der Waals surface area contributed by atoms with Crippen molar-refractivity contribution in [2.24, 2.45) is 5.92 Å². The highest BCUT2D eigenvalue weighted by molar-refractivity contribution is 5.96. The molecule has 1 aliphatic rings. The third-order valence-electron chi connectivity index (χ3n) is 4.15. The van der Waals surface area contributed by atoms with E-state index in [1.165, 1.54) is 0 Å². The smallest absolute Gasteiger partial charge is 0.251 e. The highest BCUT2D eigenvalue weighted by Gasteiger charge is 2.35. The third kappa shape index (κ3) is 3.22. The normalized spacial score (nSPS) is 26.2. The van der Waals surface area contributed by atoms with Crippen molar-refractivity contribution in [2.75, 3.05) is 18.1 Å². The van der Waals surface area contributed by atoms with E-state index in [1.54, 1.807) is 18.2 Å². The van der Waals surface area contributed by atoms with Crippen molar-refractivity contribution in [1.29, 1.82) is 0 Å². The van der Waals surface area contributed by atoms with Crippen LogP contribution in [0.4, 0.5) is 11.4 Å². The molecule has 2 rings (SSSR count). The Morgan fingerprint density at radius 1 is 1.30 bits per heavy atom. The van der Waals surface area contributed by atoms with Crippen molar-refractivity contribution in [2.45, 2.75) is 38.1 Å². The fraction of sp³-hybridized carbons (Fsp3) is 0.533. The molecule has 5 nitrogen and oxygen atoms in total. The molecule has 0 bridgehead atoms. The summed E-state index contributed by atoms with van der Waals surface area (Å²) in [5.74, 6) is 0.419. The van der Waals surface area contributed by atoms with Crippen LogP contribution < -0.4 is 16.8 Å². The van der Waals surface area contributed by atoms with E-state index < -0.39 is 5.54 Å². The number of carbonyl (C=O) groups excluding carboxylic acids is 1. The molecule has 6 N–H and O–H groups in total. The summed E-state index contributed by atoms with van der Waals surface area (Å²) in [7, 11) is 0. The van der Waals surface area contributed by atoms with Gasteiger partial charge in [0.05, 0.1) is 12.1 Å². The van der Waals surface area contributed by atoms with E-state index in [1.807, 2.05) is 0 Å². The maximum Gasteiger partial charge on any atom is 0.251 e. The van der Waals surface area contributed by atoms with Crippen LogP contribution in [0.3, 0.4) is 0 Å². The summed E-state index contributed by atoms with van der Waals surface area (Å²) in [5.41, 5.74) is 12.3. The maximum absolute atomic E-state index is 12.3. The summed E-state index contributed by atoms with van der Waals surface area (Å²) in [6.07, 6.45) is 3.63. The molecule has 110 valence electrons. The molecule has 0 unspecified atom stereocenters. The summed E-state index contributed by atoms with van der Waals surface area (Å²) in [6.45, 7) is 2.16. The summed E-state index contributed by atoms with van der Waals surface area (Å²) in [6, 6.07) is 4.81. The van der Waals surface area contributed by atoms with Gasteiger partial charge in [0.1, 0.15) is 0 Å². The number of amides is 1. The Hall–Kier alpha value is -1.75. The molecule has 1 saturated carbocycles. The van der Waals surface area contributed by atoms with E-state index in [9.17, 15) is 9.90 Å². The third-order valence-corrected chi connectivity index (χ3v) is 4.15. The molecular formula is C15H23N3O2. The van der Waals surface area contributed by atoms with Crippen LogP contribution in [0.2, 0.25) is 0 Å². The van der Waals surface area contributed by atoms with Crippen LogP contribution in [0.5, 0.6) is 0 Å². The van der Waals surface area contributed by atoms with Crippen LogP contribution in [0.25, 0.3) is 0 Å². The standard InChI is InChI=1S/C15H23N3O2/c1-10-2-4-15(9-19,5-3-10)18-14(20)11-6-12(16)8-13(17)7-11/h6-8,10,19H,2-5,9,16-17H2,1H3,(H,18,20). The van der Waals surface area contributed by atoms with Crippen molar-refractivity contribution in [3.8, 4) is 0 Å². The molecule has 5 heteroatoms. The first-order valence-electron chi connectivity index (χ1n) is 7.03. The number of nitrogen functional groups attached to an aromatic ring is 2. The summed E-state index contributed by atoms with van der Waals surface area (Å²) < 4.78 is 0. The van der Waals surface area contributed by atoms with E-state index in [-0.39, 0.29) is 12.5 Å². The van der Waals surface area contributed by atoms with Gasteiger partial charge >= 0.3 is 0 Å². The van der Waals surface area contributed by atoms with E-state index in [0.717, 1.165) is 25.7 Å². The van der Waals surface area contributed by atoms with E-state index in [4.69, 9.17) is 11.5 Å². The minimum Gasteiger partial charge on any atom is -0.399 e. The number of rotatable bonds is 3. The minimum absolute atomic E-state index is 0.0384. The summed E-state index contributed by atoms with van der Waals surface area (Å²) >= 11 is 0. The first-order valence-corrected chi connectivity index (χ1v) is 7.03. The average molecular weight is 277 g/mol. The van der Waals surface area contributed by atoms with E-state index in [0.29, 0.717) is 22.9 Å². The first kappa shape index (κ1) is 14.7. The van der Waals surface area contributed by atoms with Crippen LogP contribution in [-0.2, 0) is 0 Å². The number of nitrogens with two attached hydrogens (primary N) is 2. The van der Waals surface area contributed by atoms with Crippen molar-refractivity contribution in [1.82, 2.24) is 5.32 Å². The molecule has 1 amide bonds. The highest BCUT2D eigenvalue weighted by Crippen LogP contribution is 2.32. The van der Waals surface area contributed by atoms with Crippen LogP contribution in [0.1, 0.15) is 43.0 Å². The lowest BCUT2D eigenvalue weighted by atomic mass is 9.77. The molecule has 1 aromatic carbocycles. The van der Waals surface area contributed by atoms with Crippen molar-refractivity contribution in [3.05, 3.63) is 23.8 Å². The Labute approximate surface area is 119 Å². The second-order valence-corrected chi connectivity index (χ2v) is 5.96. The molecule has 0 radical (unpaired) electrons. The highest BCUT2D eigenvalue weighted by atomic mass is 16.3. The van der Waals surface area contributed by atoms with Crippen LogP contribution in [-0.4, -0.2) is 23.2 Å². The van der Waals surface area contributed by atoms with Gasteiger partial charge in [-0.05, 0) is 49.8 Å². The Balaban J connectivity index is 2.13. The van der Waals surface area contributed by atoms with Crippen molar-refractivity contribution < 1.29 is 9.90 Å². The van der Waals surface area contributed by atoms with Gasteiger partial charge in [0.2, 0.25) is 0 Å². The second-order valence-electron chi connectivity index (χ2n) is 5.96. The lowest BCUT2D eigenvalue weighted by molar-refractivity contribution is 0.0717. The zero-order valence-electron chi connectivity index (χ0n) is 11.9. The van der Waals surface area contributed by atoms with Gasteiger partial charge in [-0.2, -0.15) is 0 Å². The molecule has 0 aromatic heterocycles. The Kier molecular flexibility index (Phi) is 4.18. The lowest BCUT2D eigenvalue weighted by Gasteiger charge is -2.38. The number of aliphatic hydroxyl groups is 1. The number of nitrogens with one attached hydrogen (secondary N) is 1. The summed E-state index contributed by atoms with van der Waals surface area (Å²) in [4.78, 5) is 12.3. The molecule has 0 aliphatic heterocycles. The number of benzene rings is 1. The Bertz CT molecular complexity index is 474.